The van der Waals surface area contributed by atoms with Gasteiger partial charge in [0.15, 0.2) is 5.82 Å². The molecule has 7 nitrogen and oxygen atoms in total. The number of ether oxygens (including phenoxy) is 1. The summed E-state index contributed by atoms with van der Waals surface area (Å²) < 4.78 is 10.1. The van der Waals surface area contributed by atoms with E-state index in [1.807, 2.05) is 30.3 Å². The number of methoxy groups -OCH3 is 1. The smallest absolute Gasteiger partial charge is 0.337 e. The van der Waals surface area contributed by atoms with Crippen molar-refractivity contribution in [2.24, 2.45) is 0 Å². The molecule has 1 aliphatic heterocycles. The lowest BCUT2D eigenvalue weighted by atomic mass is 10.1. The number of amides is 1. The molecule has 0 radical (unpaired) electrons. The number of likely N-dealkylation sites (tertiary alicyclic amines) is 1. The average molecular weight is 377 g/mol. The number of aromatic nitrogens is 2. The summed E-state index contributed by atoms with van der Waals surface area (Å²) >= 11 is 0. The van der Waals surface area contributed by atoms with E-state index in [1.54, 1.807) is 29.2 Å². The first-order valence-corrected chi connectivity index (χ1v) is 9.02. The SMILES string of the molecule is COC(=O)c1ccc(C(=O)N2CCC(c3noc(-c4ccccc4)n3)C2)cc1. The molecule has 1 aromatic heterocycles. The predicted octanol–water partition coefficient (Wildman–Crippen LogP) is 3.15. The fourth-order valence-corrected chi connectivity index (χ4v) is 3.30. The van der Waals surface area contributed by atoms with Gasteiger partial charge in [0.05, 0.1) is 12.7 Å². The molecule has 7 heteroatoms. The first kappa shape index (κ1) is 17.9. The summed E-state index contributed by atoms with van der Waals surface area (Å²) in [6, 6.07) is 16.1. The number of carbonyl (C=O) groups is 2. The average Bonchev–Trinajstić information content (AvgIpc) is 3.43. The fourth-order valence-electron chi connectivity index (χ4n) is 3.30. The van der Waals surface area contributed by atoms with Gasteiger partial charge in [0.2, 0.25) is 0 Å². The summed E-state index contributed by atoms with van der Waals surface area (Å²) in [7, 11) is 1.33. The largest absolute Gasteiger partial charge is 0.465 e. The number of benzene rings is 2. The Morgan fingerprint density at radius 1 is 1.07 bits per heavy atom. The van der Waals surface area contributed by atoms with E-state index >= 15 is 0 Å². The van der Waals surface area contributed by atoms with Gasteiger partial charge in [-0.3, -0.25) is 4.79 Å². The van der Waals surface area contributed by atoms with Crippen LogP contribution in [0.2, 0.25) is 0 Å². The molecule has 28 heavy (non-hydrogen) atoms. The molecule has 1 atom stereocenters. The van der Waals surface area contributed by atoms with E-state index < -0.39 is 5.97 Å². The molecular formula is C21H19N3O4. The minimum absolute atomic E-state index is 0.0412. The van der Waals surface area contributed by atoms with Crippen LogP contribution in [0, 0.1) is 0 Å². The van der Waals surface area contributed by atoms with Crippen LogP contribution in [0.3, 0.4) is 0 Å². The molecule has 1 aliphatic rings. The van der Waals surface area contributed by atoms with Crippen molar-refractivity contribution >= 4 is 11.9 Å². The van der Waals surface area contributed by atoms with Gasteiger partial charge in [0.1, 0.15) is 0 Å². The van der Waals surface area contributed by atoms with Crippen LogP contribution in [0.5, 0.6) is 0 Å². The van der Waals surface area contributed by atoms with Gasteiger partial charge in [0.25, 0.3) is 11.8 Å². The van der Waals surface area contributed by atoms with Crippen LogP contribution in [-0.2, 0) is 4.74 Å². The molecule has 1 unspecified atom stereocenters. The quantitative estimate of drug-likeness (QED) is 0.649. The lowest BCUT2D eigenvalue weighted by molar-refractivity contribution is 0.0600. The van der Waals surface area contributed by atoms with E-state index in [-0.39, 0.29) is 11.8 Å². The third kappa shape index (κ3) is 3.51. The molecule has 0 saturated carbocycles. The number of hydrogen-bond donors (Lipinski definition) is 0. The summed E-state index contributed by atoms with van der Waals surface area (Å²) in [5.41, 5.74) is 1.82. The van der Waals surface area contributed by atoms with Crippen LogP contribution in [0.15, 0.2) is 59.1 Å². The molecule has 142 valence electrons. The van der Waals surface area contributed by atoms with Crippen molar-refractivity contribution in [3.8, 4) is 11.5 Å². The molecule has 2 heterocycles. The second-order valence-corrected chi connectivity index (χ2v) is 6.63. The van der Waals surface area contributed by atoms with Crippen molar-refractivity contribution in [1.29, 1.82) is 0 Å². The fraction of sp³-hybridized carbons (Fsp3) is 0.238. The molecule has 0 bridgehead atoms. The maximum atomic E-state index is 12.7. The van der Waals surface area contributed by atoms with Gasteiger partial charge in [-0.05, 0) is 42.8 Å². The van der Waals surface area contributed by atoms with Gasteiger partial charge in [-0.1, -0.05) is 23.4 Å². The number of nitrogens with zero attached hydrogens (tertiary/aromatic N) is 3. The normalized spacial score (nSPS) is 16.2. The first-order valence-electron chi connectivity index (χ1n) is 9.02. The van der Waals surface area contributed by atoms with Crippen LogP contribution in [-0.4, -0.2) is 47.1 Å². The van der Waals surface area contributed by atoms with Crippen molar-refractivity contribution in [3.05, 3.63) is 71.5 Å². The maximum Gasteiger partial charge on any atom is 0.337 e. The highest BCUT2D eigenvalue weighted by atomic mass is 16.5. The first-order chi connectivity index (χ1) is 13.7. The predicted molar refractivity (Wildman–Crippen MR) is 101 cm³/mol. The minimum atomic E-state index is -0.424. The third-order valence-electron chi connectivity index (χ3n) is 4.86. The van der Waals surface area contributed by atoms with E-state index in [1.165, 1.54) is 7.11 Å². The van der Waals surface area contributed by atoms with Gasteiger partial charge in [0, 0.05) is 30.1 Å². The lowest BCUT2D eigenvalue weighted by Crippen LogP contribution is -2.28. The Bertz CT molecular complexity index is 982. The Labute approximate surface area is 161 Å². The Morgan fingerprint density at radius 2 is 1.79 bits per heavy atom. The van der Waals surface area contributed by atoms with E-state index in [2.05, 4.69) is 14.9 Å². The number of esters is 1. The molecule has 1 fully saturated rings. The number of hydrogen-bond acceptors (Lipinski definition) is 6. The van der Waals surface area contributed by atoms with E-state index in [4.69, 9.17) is 4.52 Å². The van der Waals surface area contributed by atoms with Gasteiger partial charge >= 0.3 is 5.97 Å². The summed E-state index contributed by atoms with van der Waals surface area (Å²) in [5.74, 6) is 0.644. The Hall–Kier alpha value is -3.48. The van der Waals surface area contributed by atoms with Gasteiger partial charge in [-0.2, -0.15) is 4.98 Å². The highest BCUT2D eigenvalue weighted by Crippen LogP contribution is 2.28. The zero-order valence-corrected chi connectivity index (χ0v) is 15.4. The Balaban J connectivity index is 1.43. The molecule has 3 aromatic rings. The Kier molecular flexibility index (Phi) is 4.89. The molecule has 2 aromatic carbocycles. The van der Waals surface area contributed by atoms with Crippen LogP contribution in [0.4, 0.5) is 0 Å². The van der Waals surface area contributed by atoms with Crippen molar-refractivity contribution in [1.82, 2.24) is 15.0 Å². The van der Waals surface area contributed by atoms with Crippen LogP contribution in [0.25, 0.3) is 11.5 Å². The summed E-state index contributed by atoms with van der Waals surface area (Å²) in [6.07, 6.45) is 0.778. The topological polar surface area (TPSA) is 85.5 Å². The highest BCUT2D eigenvalue weighted by Gasteiger charge is 2.31. The van der Waals surface area contributed by atoms with E-state index in [0.717, 1.165) is 12.0 Å². The maximum absolute atomic E-state index is 12.7. The number of carbonyl (C=O) groups excluding carboxylic acids is 2. The van der Waals surface area contributed by atoms with Crippen molar-refractivity contribution < 1.29 is 18.8 Å². The van der Waals surface area contributed by atoms with Crippen molar-refractivity contribution in [2.45, 2.75) is 12.3 Å². The second kappa shape index (κ2) is 7.64. The molecule has 0 spiro atoms. The van der Waals surface area contributed by atoms with Gasteiger partial charge < -0.3 is 14.2 Å². The molecular weight excluding hydrogens is 358 g/mol. The highest BCUT2D eigenvalue weighted by molar-refractivity contribution is 5.96. The zero-order chi connectivity index (χ0) is 19.5. The number of rotatable bonds is 4. The molecule has 1 saturated heterocycles. The standard InChI is InChI=1S/C21H19N3O4/c1-27-21(26)16-9-7-15(8-10-16)20(25)24-12-11-17(13-24)18-22-19(28-23-18)14-5-3-2-4-6-14/h2-10,17H,11-13H2,1H3. The van der Waals surface area contributed by atoms with E-state index in [9.17, 15) is 9.59 Å². The van der Waals surface area contributed by atoms with E-state index in [0.29, 0.717) is 35.9 Å². The van der Waals surface area contributed by atoms with Crippen molar-refractivity contribution in [2.75, 3.05) is 20.2 Å². The van der Waals surface area contributed by atoms with Crippen LogP contribution >= 0.6 is 0 Å². The molecule has 0 N–H and O–H groups in total. The summed E-state index contributed by atoms with van der Waals surface area (Å²) in [6.45, 7) is 1.16. The zero-order valence-electron chi connectivity index (χ0n) is 15.4. The van der Waals surface area contributed by atoms with Gasteiger partial charge in [-0.15, -0.1) is 0 Å². The minimum Gasteiger partial charge on any atom is -0.465 e. The summed E-state index contributed by atoms with van der Waals surface area (Å²) in [4.78, 5) is 30.5. The van der Waals surface area contributed by atoms with Gasteiger partial charge in [-0.25, -0.2) is 4.79 Å². The van der Waals surface area contributed by atoms with Crippen LogP contribution < -0.4 is 0 Å². The van der Waals surface area contributed by atoms with Crippen LogP contribution in [0.1, 0.15) is 38.9 Å². The Morgan fingerprint density at radius 3 is 2.50 bits per heavy atom. The lowest BCUT2D eigenvalue weighted by Gasteiger charge is -2.16. The third-order valence-corrected chi connectivity index (χ3v) is 4.86. The molecule has 4 rings (SSSR count). The summed E-state index contributed by atoms with van der Waals surface area (Å²) in [5, 5.41) is 4.11. The molecule has 0 aliphatic carbocycles. The second-order valence-electron chi connectivity index (χ2n) is 6.63. The van der Waals surface area contributed by atoms with Crippen molar-refractivity contribution in [3.63, 3.8) is 0 Å². The molecule has 1 amide bonds. The monoisotopic (exact) mass is 377 g/mol.